The van der Waals surface area contributed by atoms with Crippen molar-refractivity contribution in [2.75, 3.05) is 14.2 Å². The maximum atomic E-state index is 12.5. The van der Waals surface area contributed by atoms with Gasteiger partial charge >= 0.3 is 18.0 Å². The van der Waals surface area contributed by atoms with E-state index in [2.05, 4.69) is 0 Å². The highest BCUT2D eigenvalue weighted by atomic mass is 16.6. The Kier molecular flexibility index (Phi) is 4.85. The smallest absolute Gasteiger partial charge is 0.418 e. The molecule has 2 aromatic carbocycles. The summed E-state index contributed by atoms with van der Waals surface area (Å²) < 4.78 is 16.4. The second kappa shape index (κ2) is 6.99. The number of rotatable bonds is 2. The van der Waals surface area contributed by atoms with Crippen molar-refractivity contribution in [2.45, 2.75) is 26.4 Å². The van der Waals surface area contributed by atoms with Crippen LogP contribution in [0.15, 0.2) is 36.5 Å². The zero-order valence-corrected chi connectivity index (χ0v) is 16.4. The van der Waals surface area contributed by atoms with Crippen LogP contribution in [0.5, 0.6) is 0 Å². The molecule has 0 fully saturated rings. The van der Waals surface area contributed by atoms with E-state index in [1.54, 1.807) is 57.3 Å². The van der Waals surface area contributed by atoms with Crippen LogP contribution >= 0.6 is 0 Å². The van der Waals surface area contributed by atoms with Crippen molar-refractivity contribution in [2.24, 2.45) is 0 Å². The van der Waals surface area contributed by atoms with Crippen molar-refractivity contribution < 1.29 is 28.6 Å². The molecule has 3 rings (SSSR count). The van der Waals surface area contributed by atoms with Crippen LogP contribution in [0, 0.1) is 0 Å². The first-order valence-corrected chi connectivity index (χ1v) is 8.64. The molecule has 0 bridgehead atoms. The molecule has 7 nitrogen and oxygen atoms in total. The monoisotopic (exact) mass is 383 g/mol. The number of hydrogen-bond donors (Lipinski definition) is 0. The number of ether oxygens (including phenoxy) is 3. The van der Waals surface area contributed by atoms with Gasteiger partial charge in [0.1, 0.15) is 5.60 Å². The first-order valence-electron chi connectivity index (χ1n) is 8.64. The number of fused-ring (bicyclic) bond motifs is 3. The van der Waals surface area contributed by atoms with E-state index in [0.29, 0.717) is 10.9 Å². The van der Waals surface area contributed by atoms with Crippen molar-refractivity contribution in [1.82, 2.24) is 4.57 Å². The molecular weight excluding hydrogens is 362 g/mol. The number of carbonyl (C=O) groups excluding carboxylic acids is 3. The number of hydrogen-bond acceptors (Lipinski definition) is 6. The SMILES string of the molecule is COC(=O)c1cc2ccc3c(ccn3C(=O)OC(C)(C)C)c2cc1C(=O)OC. The highest BCUT2D eigenvalue weighted by molar-refractivity contribution is 6.14. The largest absolute Gasteiger partial charge is 0.465 e. The van der Waals surface area contributed by atoms with E-state index in [1.165, 1.54) is 18.8 Å². The molecule has 0 saturated carbocycles. The normalized spacial score (nSPS) is 11.5. The number of carbonyl (C=O) groups is 3. The Morgan fingerprint density at radius 2 is 1.46 bits per heavy atom. The van der Waals surface area contributed by atoms with Gasteiger partial charge in [0.15, 0.2) is 0 Å². The molecule has 146 valence electrons. The second-order valence-corrected chi connectivity index (χ2v) is 7.27. The molecule has 0 aliphatic heterocycles. The fourth-order valence-corrected chi connectivity index (χ4v) is 3.03. The summed E-state index contributed by atoms with van der Waals surface area (Å²) in [5.74, 6) is -1.28. The molecule has 0 unspecified atom stereocenters. The van der Waals surface area contributed by atoms with E-state index in [9.17, 15) is 14.4 Å². The van der Waals surface area contributed by atoms with Gasteiger partial charge in [-0.15, -0.1) is 0 Å². The zero-order valence-electron chi connectivity index (χ0n) is 16.4. The highest BCUT2D eigenvalue weighted by Crippen LogP contribution is 2.30. The predicted octanol–water partition coefficient (Wildman–Crippen LogP) is 4.15. The number of nitrogens with zero attached hydrogens (tertiary/aromatic N) is 1. The molecule has 0 amide bonds. The Balaban J connectivity index is 2.23. The minimum atomic E-state index is -0.647. The van der Waals surface area contributed by atoms with Crippen LogP contribution in [-0.2, 0) is 14.2 Å². The lowest BCUT2D eigenvalue weighted by molar-refractivity contribution is 0.0542. The minimum Gasteiger partial charge on any atom is -0.465 e. The minimum absolute atomic E-state index is 0.0966. The molecule has 1 aromatic heterocycles. The summed E-state index contributed by atoms with van der Waals surface area (Å²) in [6.45, 7) is 5.38. The van der Waals surface area contributed by atoms with Crippen LogP contribution in [0.3, 0.4) is 0 Å². The Bertz CT molecular complexity index is 1100. The van der Waals surface area contributed by atoms with Crippen molar-refractivity contribution in [3.8, 4) is 0 Å². The molecular formula is C21H21NO6. The molecule has 0 aliphatic carbocycles. The van der Waals surface area contributed by atoms with Gasteiger partial charge < -0.3 is 14.2 Å². The molecule has 0 atom stereocenters. The quantitative estimate of drug-likeness (QED) is 0.488. The fourth-order valence-electron chi connectivity index (χ4n) is 3.03. The fraction of sp³-hybridized carbons (Fsp3) is 0.286. The number of aromatic nitrogens is 1. The van der Waals surface area contributed by atoms with Crippen molar-refractivity contribution >= 4 is 39.7 Å². The number of esters is 2. The first kappa shape index (κ1) is 19.4. The lowest BCUT2D eigenvalue weighted by Gasteiger charge is -2.19. The molecule has 1 heterocycles. The summed E-state index contributed by atoms with van der Waals surface area (Å²) in [4.78, 5) is 36.8. The van der Waals surface area contributed by atoms with E-state index in [4.69, 9.17) is 14.2 Å². The van der Waals surface area contributed by atoms with Crippen LogP contribution in [0.25, 0.3) is 21.7 Å². The standard InChI is InChI=1S/C21H21NO6/c1-21(2,3)28-20(25)22-9-8-13-14-11-16(19(24)27-5)15(18(23)26-4)10-12(14)6-7-17(13)22/h6-11H,1-5H3. The van der Waals surface area contributed by atoms with Gasteiger partial charge in [-0.1, -0.05) is 6.07 Å². The Hall–Kier alpha value is -3.35. The van der Waals surface area contributed by atoms with Crippen molar-refractivity contribution in [3.05, 3.63) is 47.7 Å². The summed E-state index contributed by atoms with van der Waals surface area (Å²) in [7, 11) is 2.49. The number of methoxy groups -OCH3 is 2. The summed E-state index contributed by atoms with van der Waals surface area (Å²) in [6, 6.07) is 8.46. The van der Waals surface area contributed by atoms with Gasteiger partial charge in [-0.2, -0.15) is 0 Å². The van der Waals surface area contributed by atoms with Gasteiger partial charge in [0.2, 0.25) is 0 Å². The van der Waals surface area contributed by atoms with E-state index in [1.807, 2.05) is 0 Å². The first-order chi connectivity index (χ1) is 13.2. The summed E-state index contributed by atoms with van der Waals surface area (Å²) in [6.07, 6.45) is 1.12. The molecule has 0 radical (unpaired) electrons. The van der Waals surface area contributed by atoms with Crippen LogP contribution in [-0.4, -0.2) is 42.4 Å². The molecule has 0 spiro atoms. The third-order valence-corrected chi connectivity index (χ3v) is 4.23. The van der Waals surface area contributed by atoms with Gasteiger partial charge in [-0.25, -0.2) is 14.4 Å². The molecule has 28 heavy (non-hydrogen) atoms. The number of benzene rings is 2. The Morgan fingerprint density at radius 3 is 2.04 bits per heavy atom. The molecule has 7 heteroatoms. The van der Waals surface area contributed by atoms with Gasteiger partial charge in [-0.3, -0.25) is 4.57 Å². The topological polar surface area (TPSA) is 83.8 Å². The summed E-state index contributed by atoms with van der Waals surface area (Å²) in [5.41, 5.74) is 0.216. The predicted molar refractivity (Wildman–Crippen MR) is 104 cm³/mol. The lowest BCUT2D eigenvalue weighted by Crippen LogP contribution is -2.26. The zero-order chi connectivity index (χ0) is 20.6. The van der Waals surface area contributed by atoms with Gasteiger partial charge in [0.25, 0.3) is 0 Å². The summed E-state index contributed by atoms with van der Waals surface area (Å²) in [5, 5.41) is 2.17. The van der Waals surface area contributed by atoms with Crippen LogP contribution in [0.2, 0.25) is 0 Å². The average Bonchev–Trinajstić information content (AvgIpc) is 3.09. The lowest BCUT2D eigenvalue weighted by atomic mass is 9.98. The average molecular weight is 383 g/mol. The van der Waals surface area contributed by atoms with Crippen LogP contribution in [0.1, 0.15) is 41.5 Å². The third kappa shape index (κ3) is 3.43. The van der Waals surface area contributed by atoms with E-state index in [-0.39, 0.29) is 11.1 Å². The Morgan fingerprint density at radius 1 is 0.857 bits per heavy atom. The van der Waals surface area contributed by atoms with E-state index < -0.39 is 23.6 Å². The van der Waals surface area contributed by atoms with Crippen LogP contribution < -0.4 is 0 Å². The van der Waals surface area contributed by atoms with Gasteiger partial charge in [0.05, 0.1) is 30.9 Å². The van der Waals surface area contributed by atoms with Crippen molar-refractivity contribution in [1.29, 1.82) is 0 Å². The molecule has 3 aromatic rings. The Labute approximate surface area is 161 Å². The maximum absolute atomic E-state index is 12.5. The van der Waals surface area contributed by atoms with Crippen LogP contribution in [0.4, 0.5) is 4.79 Å². The molecule has 0 saturated heterocycles. The second-order valence-electron chi connectivity index (χ2n) is 7.27. The third-order valence-electron chi connectivity index (χ3n) is 4.23. The maximum Gasteiger partial charge on any atom is 0.418 e. The van der Waals surface area contributed by atoms with Gasteiger partial charge in [0, 0.05) is 11.6 Å². The van der Waals surface area contributed by atoms with E-state index >= 15 is 0 Å². The van der Waals surface area contributed by atoms with Crippen molar-refractivity contribution in [3.63, 3.8) is 0 Å². The van der Waals surface area contributed by atoms with Gasteiger partial charge in [-0.05, 0) is 55.8 Å². The molecule has 0 N–H and O–H groups in total. The molecule has 0 aliphatic rings. The van der Waals surface area contributed by atoms with E-state index in [0.717, 1.165) is 10.8 Å². The summed E-state index contributed by atoms with van der Waals surface area (Å²) >= 11 is 0. The highest BCUT2D eigenvalue weighted by Gasteiger charge is 2.22.